The molecule has 0 heterocycles. The molecule has 63 heavy (non-hydrogen) atoms. The third kappa shape index (κ3) is 22.7. The molecule has 11 N–H and O–H groups in total. The molecule has 4 rings (SSSR count). The number of allylic oxidation sites excluding steroid dienone is 1. The Hall–Kier alpha value is -2.93. The van der Waals surface area contributed by atoms with Gasteiger partial charge in [-0.15, -0.1) is 0 Å². The first-order chi connectivity index (χ1) is 30.3. The molecule has 0 aromatic heterocycles. The van der Waals surface area contributed by atoms with Crippen molar-refractivity contribution < 1.29 is 23.3 Å². The number of nitrogens with zero attached hydrogens (tertiary/aromatic N) is 2. The van der Waals surface area contributed by atoms with E-state index in [1.165, 1.54) is 77.0 Å². The Balaban J connectivity index is 0.000000676. The van der Waals surface area contributed by atoms with Gasteiger partial charge in [0.2, 0.25) is 0 Å². The molecule has 8 unspecified atom stereocenters. The molecule has 13 nitrogen and oxygen atoms in total. The number of nitrogens with two attached hydrogens (primary N) is 5. The van der Waals surface area contributed by atoms with Crippen LogP contribution in [0, 0.1) is 39.9 Å². The number of rotatable bonds is 24. The van der Waals surface area contributed by atoms with Gasteiger partial charge in [0.25, 0.3) is 0 Å². The Labute approximate surface area is 384 Å². The first-order valence-electron chi connectivity index (χ1n) is 24.0. The Kier molecular flexibility index (Phi) is 31.7. The molecule has 3 aliphatic rings. The topological polar surface area (TPSA) is 233 Å². The zero-order valence-corrected chi connectivity index (χ0v) is 41.5. The molecule has 0 bridgehead atoms. The molecular weight excluding hydrogens is 812 g/mol. The smallest absolute Gasteiger partial charge is 0.338 e. The summed E-state index contributed by atoms with van der Waals surface area (Å²) in [7, 11) is 0.0116. The van der Waals surface area contributed by atoms with Crippen LogP contribution < -0.4 is 28.7 Å². The molecule has 0 radical (unpaired) electrons. The normalized spacial score (nSPS) is 23.6. The average molecular weight is 903 g/mol. The van der Waals surface area contributed by atoms with E-state index >= 15 is 0 Å². The van der Waals surface area contributed by atoms with Crippen molar-refractivity contribution in [1.82, 2.24) is 0 Å². The summed E-state index contributed by atoms with van der Waals surface area (Å²) in [5, 5.41) is 5.86. The third-order valence-corrected chi connectivity index (χ3v) is 13.8. The Morgan fingerprint density at radius 1 is 0.921 bits per heavy atom. The van der Waals surface area contributed by atoms with E-state index in [-0.39, 0.29) is 32.5 Å². The average Bonchev–Trinajstić information content (AvgIpc) is 3.27. The number of fused-ring (bicyclic) bond motifs is 3. The molecule has 1 aromatic carbocycles. The summed E-state index contributed by atoms with van der Waals surface area (Å²) in [6.45, 7) is 20.9. The first-order valence-corrected chi connectivity index (χ1v) is 24.9. The molecule has 0 aliphatic heterocycles. The van der Waals surface area contributed by atoms with Crippen LogP contribution in [0.5, 0.6) is 0 Å². The number of hydrogen-bond acceptors (Lipinski definition) is 10. The lowest BCUT2D eigenvalue weighted by atomic mass is 9.49. The number of nitrogens with one attached hydrogen (secondary N) is 1. The van der Waals surface area contributed by atoms with Gasteiger partial charge in [-0.2, -0.15) is 0 Å². The van der Waals surface area contributed by atoms with Crippen LogP contribution >= 0.6 is 9.03 Å². The van der Waals surface area contributed by atoms with Crippen LogP contribution in [0.4, 0.5) is 0 Å². The molecule has 1 aromatic rings. The lowest BCUT2D eigenvalue weighted by Crippen LogP contribution is -2.48. The van der Waals surface area contributed by atoms with Gasteiger partial charge in [0.15, 0.2) is 15.0 Å². The number of carbonyl (C=O) groups excluding carboxylic acids is 1. The van der Waals surface area contributed by atoms with Crippen LogP contribution in [-0.2, 0) is 18.5 Å². The predicted molar refractivity (Wildman–Crippen MR) is 267 cm³/mol. The minimum atomic E-state index is -0.216. The van der Waals surface area contributed by atoms with E-state index in [4.69, 9.17) is 46.9 Å². The molecule has 0 amide bonds. The molecule has 0 spiro atoms. The SMILES string of the molecule is CCCC(CC)C1(C)CCC2C(CC=C3CC(OC(=O)c4ccc(C=NCCOCCN)cc4)CCC32C)C1.CCCCCC(C)CC.N=CN.NCCOPOCCN=C(N)N. The minimum Gasteiger partial charge on any atom is -0.458 e. The van der Waals surface area contributed by atoms with Crippen LogP contribution in [0.15, 0.2) is 45.9 Å². The summed E-state index contributed by atoms with van der Waals surface area (Å²) in [5.41, 5.74) is 29.0. The zero-order valence-electron chi connectivity index (χ0n) is 40.5. The number of benzene rings is 1. The van der Waals surface area contributed by atoms with E-state index in [9.17, 15) is 4.79 Å². The van der Waals surface area contributed by atoms with Crippen LogP contribution in [0.2, 0.25) is 0 Å². The monoisotopic (exact) mass is 903 g/mol. The fourth-order valence-corrected chi connectivity index (χ4v) is 9.96. The number of esters is 1. The van der Waals surface area contributed by atoms with Crippen molar-refractivity contribution >= 4 is 33.5 Å². The van der Waals surface area contributed by atoms with Gasteiger partial charge in [-0.05, 0) is 90.7 Å². The molecule has 14 heteroatoms. The predicted octanol–water partition coefficient (Wildman–Crippen LogP) is 9.30. The van der Waals surface area contributed by atoms with Crippen LogP contribution in [0.1, 0.15) is 161 Å². The van der Waals surface area contributed by atoms with Crippen molar-refractivity contribution in [2.24, 2.45) is 73.2 Å². The minimum absolute atomic E-state index is 0.0116. The van der Waals surface area contributed by atoms with Crippen LogP contribution in [-0.4, -0.2) is 83.2 Å². The maximum Gasteiger partial charge on any atom is 0.338 e. The summed E-state index contributed by atoms with van der Waals surface area (Å²) in [5.74, 6) is 3.26. The zero-order chi connectivity index (χ0) is 46.9. The van der Waals surface area contributed by atoms with Crippen molar-refractivity contribution in [3.8, 4) is 0 Å². The van der Waals surface area contributed by atoms with Crippen molar-refractivity contribution in [1.29, 1.82) is 5.41 Å². The summed E-state index contributed by atoms with van der Waals surface area (Å²) < 4.78 is 21.4. The number of unbranched alkanes of at least 4 members (excludes halogenated alkanes) is 2. The molecule has 3 aliphatic carbocycles. The lowest BCUT2D eigenvalue weighted by molar-refractivity contribution is -0.0317. The van der Waals surface area contributed by atoms with Gasteiger partial charge in [-0.1, -0.05) is 124 Å². The van der Waals surface area contributed by atoms with E-state index < -0.39 is 0 Å². The van der Waals surface area contributed by atoms with Crippen molar-refractivity contribution in [3.63, 3.8) is 0 Å². The highest BCUT2D eigenvalue weighted by molar-refractivity contribution is 7.26. The van der Waals surface area contributed by atoms with E-state index in [1.807, 2.05) is 30.5 Å². The second-order valence-electron chi connectivity index (χ2n) is 17.9. The Morgan fingerprint density at radius 2 is 1.62 bits per heavy atom. The molecule has 8 atom stereocenters. The summed E-state index contributed by atoms with van der Waals surface area (Å²) in [6, 6.07) is 7.52. The van der Waals surface area contributed by atoms with Gasteiger partial charge in [0.05, 0.1) is 51.4 Å². The number of ether oxygens (including phenoxy) is 2. The summed E-state index contributed by atoms with van der Waals surface area (Å²) in [4.78, 5) is 21.1. The number of hydrogen-bond donors (Lipinski definition) is 6. The van der Waals surface area contributed by atoms with E-state index in [0.717, 1.165) is 54.8 Å². The maximum absolute atomic E-state index is 13.0. The molecule has 2 fully saturated rings. The maximum atomic E-state index is 13.0. The van der Waals surface area contributed by atoms with Gasteiger partial charge in [-0.3, -0.25) is 15.4 Å². The van der Waals surface area contributed by atoms with Gasteiger partial charge in [0.1, 0.15) is 6.10 Å². The second-order valence-corrected chi connectivity index (χ2v) is 18.7. The quantitative estimate of drug-likeness (QED) is 0.0144. The number of guanidine groups is 1. The van der Waals surface area contributed by atoms with Crippen molar-refractivity contribution in [2.45, 2.75) is 151 Å². The third-order valence-electron chi connectivity index (χ3n) is 13.2. The molecule has 362 valence electrons. The van der Waals surface area contributed by atoms with Gasteiger partial charge in [-0.25, -0.2) is 4.79 Å². The molecular formula is C49H91N8O5P. The summed E-state index contributed by atoms with van der Waals surface area (Å²) >= 11 is 0. The Bertz CT molecular complexity index is 1450. The van der Waals surface area contributed by atoms with E-state index in [0.29, 0.717) is 63.6 Å². The van der Waals surface area contributed by atoms with Crippen molar-refractivity contribution in [3.05, 3.63) is 47.0 Å². The highest BCUT2D eigenvalue weighted by Gasteiger charge is 2.52. The first kappa shape index (κ1) is 58.1. The summed E-state index contributed by atoms with van der Waals surface area (Å²) in [6.07, 6.45) is 24.4. The lowest BCUT2D eigenvalue weighted by Gasteiger charge is -2.56. The van der Waals surface area contributed by atoms with Gasteiger partial charge < -0.3 is 47.2 Å². The van der Waals surface area contributed by atoms with Crippen LogP contribution in [0.3, 0.4) is 0 Å². The standard InChI is InChI=1S/C34H52N2O3.C9H20.C5H15N4O2P.CH4N2/c1-5-7-28(6-2)33(3)16-15-31-27(23-33)12-13-29-22-30(14-17-34(29,31)4)39-32(37)26-10-8-25(9-11-26)24-36-19-21-38-20-18-35;1-4-6-7-8-9(3)5-2;6-1-3-10-12-11-4-2-9-5(7)8;2-1-3/h8-11,13,24,27-28,30-31H,5-7,12,14-23,35H2,1-4H3;9H,4-8H2,1-3H3;12H,1-4,6H2,(H4,7,8,9);1H,(H3,2,3). The largest absolute Gasteiger partial charge is 0.458 e. The molecule has 2 saturated carbocycles. The van der Waals surface area contributed by atoms with E-state index in [1.54, 1.807) is 5.57 Å². The molecule has 0 saturated heterocycles. The van der Waals surface area contributed by atoms with Gasteiger partial charge in [0, 0.05) is 25.7 Å². The van der Waals surface area contributed by atoms with Gasteiger partial charge >= 0.3 is 5.97 Å². The Morgan fingerprint density at radius 3 is 2.24 bits per heavy atom. The number of aliphatic imine (C=N–C) groups is 2. The fraction of sp³-hybridized carbons (Fsp3) is 0.755. The highest BCUT2D eigenvalue weighted by atomic mass is 31.1. The highest BCUT2D eigenvalue weighted by Crippen LogP contribution is 2.61. The van der Waals surface area contributed by atoms with E-state index in [2.05, 4.69) is 70.3 Å². The fourth-order valence-electron chi connectivity index (χ4n) is 9.50. The van der Waals surface area contributed by atoms with Crippen LogP contribution in [0.25, 0.3) is 0 Å². The second kappa shape index (κ2) is 34.4. The van der Waals surface area contributed by atoms with Crippen molar-refractivity contribution in [2.75, 3.05) is 52.6 Å². The number of carbonyl (C=O) groups is 1.